The van der Waals surface area contributed by atoms with Gasteiger partial charge in [0.1, 0.15) is 42.6 Å². The molecule has 3 fully saturated rings. The largest absolute Gasteiger partial charge is 0.472 e. The van der Waals surface area contributed by atoms with Crippen LogP contribution in [0, 0.1) is 0 Å². The minimum absolute atomic E-state index is 0.00876. The molecule has 0 saturated carbocycles. The van der Waals surface area contributed by atoms with Crippen LogP contribution in [0.3, 0.4) is 0 Å². The second-order valence-corrected chi connectivity index (χ2v) is 13.6. The van der Waals surface area contributed by atoms with E-state index in [9.17, 15) is 28.8 Å². The summed E-state index contributed by atoms with van der Waals surface area (Å²) in [4.78, 5) is 56.1. The van der Waals surface area contributed by atoms with Gasteiger partial charge >= 0.3 is 15.4 Å². The lowest BCUT2D eigenvalue weighted by molar-refractivity contribution is -0.0619. The van der Waals surface area contributed by atoms with Gasteiger partial charge in [0.05, 0.1) is 32.0 Å². The van der Waals surface area contributed by atoms with Crippen molar-refractivity contribution in [1.29, 1.82) is 0 Å². The second kappa shape index (κ2) is 11.1. The van der Waals surface area contributed by atoms with Crippen molar-refractivity contribution in [3.8, 4) is 0 Å². The molecular formula is C21H26N10O12P2. The first-order chi connectivity index (χ1) is 21.4. The minimum atomic E-state index is -4.89. The number of ether oxygens (including phenoxy) is 3. The second-order valence-electron chi connectivity index (χ2n) is 10.4. The number of H-pyrrole nitrogens is 1. The topological polar surface area (TPSA) is 309 Å². The number of aliphatic hydroxyl groups is 1. The van der Waals surface area contributed by atoms with Crippen LogP contribution in [0.25, 0.3) is 22.3 Å². The Morgan fingerprint density at radius 2 is 1.69 bits per heavy atom. The molecule has 4 aromatic rings. The standard InChI is InChI=1S/C21H26N10O12P2/c22-15-11-16(25-4-24-15)30(5-26-11)20-13(32)14-10(42-20)3-40-45(36,37)43-9-1-8(2-39-44(34,35)7-38-14)41-19(9)31-6-27-12-17(31)28-21(23)29-18(12)33/h4-6,8-10,13-14,19-20,32H,1-3,7H2,(H,34,35)(H,36,37)(H2,22,24,25)(H3,23,28,29,33)/t8-,9+,10+,13+,14+,19+,20+/m0/s1. The van der Waals surface area contributed by atoms with Gasteiger partial charge < -0.3 is 45.1 Å². The van der Waals surface area contributed by atoms with Gasteiger partial charge in [0.2, 0.25) is 5.95 Å². The molecule has 0 aromatic carbocycles. The van der Waals surface area contributed by atoms with Crippen LogP contribution in [0.4, 0.5) is 11.8 Å². The highest BCUT2D eigenvalue weighted by molar-refractivity contribution is 7.52. The first-order valence-electron chi connectivity index (χ1n) is 13.3. The zero-order valence-corrected chi connectivity index (χ0v) is 24.6. The lowest BCUT2D eigenvalue weighted by Gasteiger charge is -2.25. The number of fused-ring (bicyclic) bond motifs is 5. The minimum Gasteiger partial charge on any atom is -0.386 e. The summed E-state index contributed by atoms with van der Waals surface area (Å²) in [5.41, 5.74) is 11.3. The maximum atomic E-state index is 13.2. The smallest absolute Gasteiger partial charge is 0.386 e. The zero-order valence-electron chi connectivity index (χ0n) is 22.8. The van der Waals surface area contributed by atoms with E-state index < -0.39 is 83.5 Å². The molecule has 8 N–H and O–H groups in total. The third-order valence-corrected chi connectivity index (χ3v) is 9.44. The van der Waals surface area contributed by atoms with E-state index in [4.69, 9.17) is 39.2 Å². The first kappa shape index (κ1) is 30.3. The first-order valence-corrected chi connectivity index (χ1v) is 16.5. The number of nitrogens with two attached hydrogens (primary N) is 2. The van der Waals surface area contributed by atoms with E-state index >= 15 is 0 Å². The zero-order chi connectivity index (χ0) is 31.7. The van der Waals surface area contributed by atoms with Crippen molar-refractivity contribution < 1.29 is 51.8 Å². The summed E-state index contributed by atoms with van der Waals surface area (Å²) in [6.45, 7) is -1.14. The summed E-state index contributed by atoms with van der Waals surface area (Å²) in [7, 11) is -9.35. The highest BCUT2D eigenvalue weighted by atomic mass is 31.2. The van der Waals surface area contributed by atoms with E-state index in [-0.39, 0.29) is 40.5 Å². The number of phosphoric ester groups is 1. The number of hydrogen-bond acceptors (Lipinski definition) is 17. The molecule has 0 radical (unpaired) electrons. The Balaban J connectivity index is 1.18. The predicted molar refractivity (Wildman–Crippen MR) is 147 cm³/mol. The Kier molecular flexibility index (Phi) is 7.49. The molecule has 45 heavy (non-hydrogen) atoms. The Bertz CT molecular complexity index is 1920. The number of nitrogens with zero attached hydrogens (tertiary/aromatic N) is 7. The van der Waals surface area contributed by atoms with E-state index in [0.717, 1.165) is 0 Å². The van der Waals surface area contributed by atoms with E-state index in [1.807, 2.05) is 0 Å². The number of phosphoric acid groups is 1. The molecule has 0 aliphatic carbocycles. The third-order valence-electron chi connectivity index (χ3n) is 7.40. The molecule has 2 unspecified atom stereocenters. The number of hydrogen-bond donors (Lipinski definition) is 6. The van der Waals surface area contributed by atoms with Crippen molar-refractivity contribution in [3.05, 3.63) is 29.3 Å². The number of nitrogens with one attached hydrogen (secondary N) is 1. The lowest BCUT2D eigenvalue weighted by atomic mass is 10.1. The van der Waals surface area contributed by atoms with Crippen molar-refractivity contribution in [2.45, 2.75) is 49.4 Å². The van der Waals surface area contributed by atoms with E-state index in [1.165, 1.54) is 28.1 Å². The highest BCUT2D eigenvalue weighted by Crippen LogP contribution is 2.51. The van der Waals surface area contributed by atoms with Crippen LogP contribution >= 0.6 is 15.4 Å². The van der Waals surface area contributed by atoms with Crippen molar-refractivity contribution in [1.82, 2.24) is 39.0 Å². The molecule has 4 aromatic heterocycles. The maximum Gasteiger partial charge on any atom is 0.472 e. The molecule has 0 spiro atoms. The van der Waals surface area contributed by atoms with Gasteiger partial charge in [-0.2, -0.15) is 4.98 Å². The lowest BCUT2D eigenvalue weighted by Crippen LogP contribution is -2.37. The molecule has 3 aliphatic rings. The highest BCUT2D eigenvalue weighted by Gasteiger charge is 2.49. The van der Waals surface area contributed by atoms with Gasteiger partial charge in [0, 0.05) is 6.42 Å². The number of aromatic nitrogens is 8. The number of nitrogen functional groups attached to an aromatic ring is 2. The van der Waals surface area contributed by atoms with Gasteiger partial charge in [-0.15, -0.1) is 0 Å². The number of aromatic amines is 1. The molecule has 3 saturated heterocycles. The quantitative estimate of drug-likeness (QED) is 0.135. The van der Waals surface area contributed by atoms with Crippen LogP contribution < -0.4 is 17.0 Å². The van der Waals surface area contributed by atoms with Crippen LogP contribution in [-0.4, -0.2) is 104 Å². The third kappa shape index (κ3) is 5.64. The van der Waals surface area contributed by atoms with Crippen molar-refractivity contribution >= 4 is 49.5 Å². The SMILES string of the molecule is Nc1nc2c(ncn2[C@@H]2O[C@@H]3COP(=O)(O)CO[C@H]4[C@@H](O)[C@H](n5cnc6c(N)ncnc65)O[C@@H]4COP(=O)(O)O[C@@H]2C3)c(=O)[nH]1. The van der Waals surface area contributed by atoms with E-state index in [0.29, 0.717) is 0 Å². The number of anilines is 2. The molecule has 24 heteroatoms. The molecule has 7 heterocycles. The van der Waals surface area contributed by atoms with Crippen molar-refractivity contribution in [2.24, 2.45) is 0 Å². The van der Waals surface area contributed by atoms with Gasteiger partial charge in [-0.05, 0) is 0 Å². The predicted octanol–water partition coefficient (Wildman–Crippen LogP) is -1.27. The summed E-state index contributed by atoms with van der Waals surface area (Å²) in [6.07, 6.45) is -6.07. The molecule has 3 aliphatic heterocycles. The summed E-state index contributed by atoms with van der Waals surface area (Å²) in [5, 5.41) is 11.2. The van der Waals surface area contributed by atoms with Gasteiger partial charge in [-0.3, -0.25) is 32.5 Å². The number of rotatable bonds is 2. The molecule has 7 rings (SSSR count). The summed E-state index contributed by atoms with van der Waals surface area (Å²) >= 11 is 0. The van der Waals surface area contributed by atoms with Crippen LogP contribution in [0.15, 0.2) is 23.8 Å². The maximum absolute atomic E-state index is 13.2. The summed E-state index contributed by atoms with van der Waals surface area (Å²) in [6, 6.07) is 0. The molecule has 0 amide bonds. The molecular weight excluding hydrogens is 646 g/mol. The fraction of sp³-hybridized carbons (Fsp3) is 0.524. The van der Waals surface area contributed by atoms with Gasteiger partial charge in [-0.25, -0.2) is 24.5 Å². The Morgan fingerprint density at radius 3 is 2.49 bits per heavy atom. The van der Waals surface area contributed by atoms with E-state index in [1.54, 1.807) is 0 Å². The normalized spacial score (nSPS) is 36.3. The molecule has 9 atom stereocenters. The fourth-order valence-corrected chi connectivity index (χ4v) is 7.19. The fourth-order valence-electron chi connectivity index (χ4n) is 5.42. The monoisotopic (exact) mass is 672 g/mol. The summed E-state index contributed by atoms with van der Waals surface area (Å²) < 4.78 is 62.3. The van der Waals surface area contributed by atoms with Crippen LogP contribution in [-0.2, 0) is 36.9 Å². The Morgan fingerprint density at radius 1 is 0.933 bits per heavy atom. The number of imidazole rings is 2. The van der Waals surface area contributed by atoms with Crippen molar-refractivity contribution in [2.75, 3.05) is 31.0 Å². The summed E-state index contributed by atoms with van der Waals surface area (Å²) in [5.74, 6) is -0.140. The Labute approximate surface area is 250 Å². The number of aliphatic hydroxyl groups excluding tert-OH is 1. The van der Waals surface area contributed by atoms with Crippen molar-refractivity contribution in [3.63, 3.8) is 0 Å². The van der Waals surface area contributed by atoms with Crippen LogP contribution in [0.2, 0.25) is 0 Å². The molecule has 242 valence electrons. The van der Waals surface area contributed by atoms with E-state index in [2.05, 4.69) is 29.9 Å². The molecule has 2 bridgehead atoms. The Hall–Kier alpha value is -3.40. The average molecular weight is 672 g/mol. The average Bonchev–Trinajstić information content (AvgIpc) is 3.74. The van der Waals surface area contributed by atoms with Gasteiger partial charge in [-0.1, -0.05) is 0 Å². The van der Waals surface area contributed by atoms with Crippen LogP contribution in [0.1, 0.15) is 18.9 Å². The van der Waals surface area contributed by atoms with Gasteiger partial charge in [0.15, 0.2) is 35.1 Å². The van der Waals surface area contributed by atoms with Gasteiger partial charge in [0.25, 0.3) is 5.56 Å². The van der Waals surface area contributed by atoms with Crippen LogP contribution in [0.5, 0.6) is 0 Å². The molecule has 22 nitrogen and oxygen atoms in total.